The highest BCUT2D eigenvalue weighted by atomic mass is 16.5. The molecule has 6 heteroatoms. The molecule has 2 saturated heterocycles. The first-order valence-corrected chi connectivity index (χ1v) is 13.9. The molecule has 194 valence electrons. The van der Waals surface area contributed by atoms with Crippen molar-refractivity contribution in [3.63, 3.8) is 0 Å². The lowest BCUT2D eigenvalue weighted by Gasteiger charge is -2.38. The number of rotatable bonds is 5. The number of carbonyl (C=O) groups excluding carboxylic acids is 1. The zero-order chi connectivity index (χ0) is 25.1. The van der Waals surface area contributed by atoms with Gasteiger partial charge in [-0.15, -0.1) is 0 Å². The van der Waals surface area contributed by atoms with Crippen LogP contribution in [0.5, 0.6) is 5.75 Å². The third-order valence-electron chi connectivity index (χ3n) is 8.46. The van der Waals surface area contributed by atoms with Crippen molar-refractivity contribution in [2.24, 2.45) is 0 Å². The SMILES string of the molecule is COc1ccc(NC(=O)N2CCN(c3cccc4c3CCCC4)CC2)cc1C1CCN(C(C)C)CC1. The molecule has 0 atom stereocenters. The maximum Gasteiger partial charge on any atom is 0.321 e. The van der Waals surface area contributed by atoms with Crippen LogP contribution >= 0.6 is 0 Å². The van der Waals surface area contributed by atoms with E-state index in [1.807, 2.05) is 17.0 Å². The lowest BCUT2D eigenvalue weighted by atomic mass is 9.88. The molecule has 36 heavy (non-hydrogen) atoms. The summed E-state index contributed by atoms with van der Waals surface area (Å²) in [4.78, 5) is 20.1. The van der Waals surface area contributed by atoms with Gasteiger partial charge in [0.25, 0.3) is 0 Å². The number of aryl methyl sites for hydroxylation is 1. The summed E-state index contributed by atoms with van der Waals surface area (Å²) in [5, 5.41) is 3.18. The average molecular weight is 491 g/mol. The van der Waals surface area contributed by atoms with Gasteiger partial charge in [0.2, 0.25) is 0 Å². The van der Waals surface area contributed by atoms with Gasteiger partial charge < -0.3 is 24.8 Å². The van der Waals surface area contributed by atoms with Gasteiger partial charge >= 0.3 is 6.03 Å². The van der Waals surface area contributed by atoms with Gasteiger partial charge in [0.15, 0.2) is 0 Å². The van der Waals surface area contributed by atoms with Gasteiger partial charge in [-0.2, -0.15) is 0 Å². The number of carbonyl (C=O) groups is 1. The van der Waals surface area contributed by atoms with E-state index in [1.54, 1.807) is 7.11 Å². The first-order chi connectivity index (χ1) is 17.5. The molecule has 0 unspecified atom stereocenters. The summed E-state index contributed by atoms with van der Waals surface area (Å²) in [6.07, 6.45) is 7.21. The number of piperazine rings is 1. The Bertz CT molecular complexity index is 1050. The predicted octanol–water partition coefficient (Wildman–Crippen LogP) is 5.52. The van der Waals surface area contributed by atoms with Crippen LogP contribution in [0.4, 0.5) is 16.2 Å². The number of urea groups is 1. The Morgan fingerprint density at radius 1 is 0.972 bits per heavy atom. The molecule has 2 aliphatic heterocycles. The second-order valence-corrected chi connectivity index (χ2v) is 10.9. The molecule has 0 aromatic heterocycles. The molecule has 0 radical (unpaired) electrons. The molecule has 5 rings (SSSR count). The van der Waals surface area contributed by atoms with E-state index in [1.165, 1.54) is 48.1 Å². The van der Waals surface area contributed by atoms with Gasteiger partial charge in [0, 0.05) is 43.6 Å². The predicted molar refractivity (Wildman–Crippen MR) is 148 cm³/mol. The van der Waals surface area contributed by atoms with Crippen LogP contribution in [0.15, 0.2) is 36.4 Å². The number of nitrogens with one attached hydrogen (secondary N) is 1. The Labute approximate surface area is 216 Å². The third-order valence-corrected chi connectivity index (χ3v) is 8.46. The van der Waals surface area contributed by atoms with Crippen LogP contribution in [-0.4, -0.2) is 68.3 Å². The number of methoxy groups -OCH3 is 1. The van der Waals surface area contributed by atoms with E-state index >= 15 is 0 Å². The number of hydrogen-bond acceptors (Lipinski definition) is 4. The van der Waals surface area contributed by atoms with Gasteiger partial charge in [-0.25, -0.2) is 4.79 Å². The number of nitrogens with zero attached hydrogens (tertiary/aromatic N) is 3. The van der Waals surface area contributed by atoms with Gasteiger partial charge in [-0.3, -0.25) is 0 Å². The molecule has 2 fully saturated rings. The standard InChI is InChI=1S/C30H42N4O2/c1-22(2)32-15-13-24(14-16-32)27-21-25(11-12-29(27)36-3)31-30(35)34-19-17-33(18-20-34)28-10-6-8-23-7-4-5-9-26(23)28/h6,8,10-12,21-22,24H,4-5,7,9,13-20H2,1-3H3,(H,31,35). The van der Waals surface area contributed by atoms with E-state index in [0.29, 0.717) is 12.0 Å². The first-order valence-electron chi connectivity index (χ1n) is 13.9. The smallest absolute Gasteiger partial charge is 0.321 e. The van der Waals surface area contributed by atoms with Crippen molar-refractivity contribution < 1.29 is 9.53 Å². The number of hydrogen-bond donors (Lipinski definition) is 1. The molecule has 0 saturated carbocycles. The minimum absolute atomic E-state index is 0.00418. The highest BCUT2D eigenvalue weighted by Gasteiger charge is 2.26. The number of fused-ring (bicyclic) bond motifs is 1. The Hall–Kier alpha value is -2.73. The van der Waals surface area contributed by atoms with E-state index in [4.69, 9.17) is 4.74 Å². The Balaban J connectivity index is 1.20. The highest BCUT2D eigenvalue weighted by Crippen LogP contribution is 2.36. The minimum Gasteiger partial charge on any atom is -0.496 e. The average Bonchev–Trinajstić information content (AvgIpc) is 2.93. The Morgan fingerprint density at radius 3 is 2.44 bits per heavy atom. The summed E-state index contributed by atoms with van der Waals surface area (Å²) < 4.78 is 5.70. The van der Waals surface area contributed by atoms with Crippen LogP contribution in [-0.2, 0) is 12.8 Å². The Kier molecular flexibility index (Phi) is 7.70. The normalized spacial score (nSPS) is 19.3. The highest BCUT2D eigenvalue weighted by molar-refractivity contribution is 5.89. The van der Waals surface area contributed by atoms with Gasteiger partial charge in [-0.05, 0) is 112 Å². The molecule has 0 spiro atoms. The fraction of sp³-hybridized carbons (Fsp3) is 0.567. The summed E-state index contributed by atoms with van der Waals surface area (Å²) in [6, 6.07) is 13.5. The second kappa shape index (κ2) is 11.1. The van der Waals surface area contributed by atoms with Crippen molar-refractivity contribution in [2.75, 3.05) is 56.6 Å². The topological polar surface area (TPSA) is 48.1 Å². The molecule has 6 nitrogen and oxygen atoms in total. The third kappa shape index (κ3) is 5.34. The molecule has 0 bridgehead atoms. The molecule has 1 aliphatic carbocycles. The maximum atomic E-state index is 13.2. The van der Waals surface area contributed by atoms with Crippen molar-refractivity contribution in [2.45, 2.75) is 64.3 Å². The van der Waals surface area contributed by atoms with Crippen LogP contribution in [0.3, 0.4) is 0 Å². The lowest BCUT2D eigenvalue weighted by Crippen LogP contribution is -2.50. The van der Waals surface area contributed by atoms with Crippen molar-refractivity contribution in [1.29, 1.82) is 0 Å². The van der Waals surface area contributed by atoms with Crippen molar-refractivity contribution >= 4 is 17.4 Å². The van der Waals surface area contributed by atoms with E-state index < -0.39 is 0 Å². The van der Waals surface area contributed by atoms with Crippen molar-refractivity contribution in [3.05, 3.63) is 53.1 Å². The maximum absolute atomic E-state index is 13.2. The Morgan fingerprint density at radius 2 is 1.72 bits per heavy atom. The number of ether oxygens (including phenoxy) is 1. The second-order valence-electron chi connectivity index (χ2n) is 10.9. The quantitative estimate of drug-likeness (QED) is 0.600. The molecule has 2 amide bonds. The van der Waals surface area contributed by atoms with Gasteiger partial charge in [0.1, 0.15) is 5.75 Å². The first kappa shape index (κ1) is 24.9. The van der Waals surface area contributed by atoms with Crippen LogP contribution in [0, 0.1) is 0 Å². The largest absolute Gasteiger partial charge is 0.496 e. The van der Waals surface area contributed by atoms with Crippen LogP contribution in [0.25, 0.3) is 0 Å². The fourth-order valence-corrected chi connectivity index (χ4v) is 6.27. The number of amides is 2. The summed E-state index contributed by atoms with van der Waals surface area (Å²) in [5.74, 6) is 1.39. The van der Waals surface area contributed by atoms with E-state index in [2.05, 4.69) is 53.2 Å². The molecule has 1 N–H and O–H groups in total. The number of benzene rings is 2. The summed E-state index contributed by atoms with van der Waals surface area (Å²) in [7, 11) is 1.74. The zero-order valence-corrected chi connectivity index (χ0v) is 22.3. The number of anilines is 2. The van der Waals surface area contributed by atoms with Crippen molar-refractivity contribution in [3.8, 4) is 5.75 Å². The van der Waals surface area contributed by atoms with E-state index in [0.717, 1.165) is 63.5 Å². The molecule has 2 aromatic rings. The van der Waals surface area contributed by atoms with Crippen LogP contribution in [0.1, 0.15) is 62.1 Å². The molecule has 2 heterocycles. The van der Waals surface area contributed by atoms with Crippen LogP contribution in [0.2, 0.25) is 0 Å². The monoisotopic (exact) mass is 490 g/mol. The molecule has 3 aliphatic rings. The number of likely N-dealkylation sites (tertiary alicyclic amines) is 1. The van der Waals surface area contributed by atoms with E-state index in [-0.39, 0.29) is 6.03 Å². The van der Waals surface area contributed by atoms with Crippen LogP contribution < -0.4 is 15.0 Å². The minimum atomic E-state index is -0.00418. The lowest BCUT2D eigenvalue weighted by molar-refractivity contribution is 0.171. The fourth-order valence-electron chi connectivity index (χ4n) is 6.27. The van der Waals surface area contributed by atoms with Gasteiger partial charge in [0.05, 0.1) is 7.11 Å². The van der Waals surface area contributed by atoms with Crippen molar-refractivity contribution in [1.82, 2.24) is 9.80 Å². The van der Waals surface area contributed by atoms with E-state index in [9.17, 15) is 4.79 Å². The van der Waals surface area contributed by atoms with Gasteiger partial charge in [-0.1, -0.05) is 12.1 Å². The molecule has 2 aromatic carbocycles. The summed E-state index contributed by atoms with van der Waals surface area (Å²) >= 11 is 0. The molecular weight excluding hydrogens is 448 g/mol. The number of piperidine rings is 1. The zero-order valence-electron chi connectivity index (χ0n) is 22.3. The molecular formula is C30H42N4O2. The summed E-state index contributed by atoms with van der Waals surface area (Å²) in [6.45, 7) is 10.00. The summed E-state index contributed by atoms with van der Waals surface area (Å²) in [5.41, 5.74) is 6.52.